The molecule has 4 heteroatoms. The first kappa shape index (κ1) is 20.1. The van der Waals surface area contributed by atoms with Crippen LogP contribution >= 0.6 is 0 Å². The van der Waals surface area contributed by atoms with E-state index in [0.717, 1.165) is 24.2 Å². The molecule has 4 fully saturated rings. The maximum Gasteiger partial charge on any atom is 0.0121 e. The second kappa shape index (κ2) is 8.30. The normalized spacial score (nSPS) is 30.4. The van der Waals surface area contributed by atoms with E-state index in [4.69, 9.17) is 0 Å². The first-order chi connectivity index (χ1) is 13.0. The van der Waals surface area contributed by atoms with Crippen LogP contribution in [0.1, 0.15) is 66.2 Å². The minimum atomic E-state index is 0.701. The fraction of sp³-hybridized carbons (Fsp3) is 1.00. The Hall–Kier alpha value is -0.160. The van der Waals surface area contributed by atoms with E-state index in [2.05, 4.69) is 47.3 Å². The Bertz CT molecular complexity index is 459. The van der Waals surface area contributed by atoms with Crippen LogP contribution < -0.4 is 0 Å². The molecule has 1 spiro atoms. The second-order valence-corrected chi connectivity index (χ2v) is 10.7. The molecule has 3 heterocycles. The lowest BCUT2D eigenvalue weighted by Gasteiger charge is -2.56. The predicted molar refractivity (Wildman–Crippen MR) is 114 cm³/mol. The highest BCUT2D eigenvalue weighted by Gasteiger charge is 2.46. The molecular weight excluding hydrogens is 332 g/mol. The lowest BCUT2D eigenvalue weighted by atomic mass is 9.67. The van der Waals surface area contributed by atoms with Gasteiger partial charge in [0.2, 0.25) is 0 Å². The minimum absolute atomic E-state index is 0.701. The molecule has 1 aliphatic carbocycles. The third-order valence-corrected chi connectivity index (χ3v) is 8.43. The zero-order valence-corrected chi connectivity index (χ0v) is 18.5. The van der Waals surface area contributed by atoms with Gasteiger partial charge in [-0.05, 0) is 84.7 Å². The van der Waals surface area contributed by atoms with Crippen molar-refractivity contribution in [2.45, 2.75) is 90.4 Å². The Morgan fingerprint density at radius 1 is 0.593 bits per heavy atom. The Morgan fingerprint density at radius 2 is 1.04 bits per heavy atom. The van der Waals surface area contributed by atoms with Gasteiger partial charge < -0.3 is 4.90 Å². The van der Waals surface area contributed by atoms with E-state index in [0.29, 0.717) is 5.41 Å². The molecule has 4 rings (SSSR count). The fourth-order valence-corrected chi connectivity index (χ4v) is 6.31. The quantitative estimate of drug-likeness (QED) is 0.747. The molecule has 0 radical (unpaired) electrons. The predicted octanol–water partition coefficient (Wildman–Crippen LogP) is 3.13. The van der Waals surface area contributed by atoms with Crippen molar-refractivity contribution in [2.75, 3.05) is 52.4 Å². The molecule has 4 nitrogen and oxygen atoms in total. The van der Waals surface area contributed by atoms with Crippen molar-refractivity contribution in [1.29, 1.82) is 0 Å². The molecular formula is C23H44N4. The van der Waals surface area contributed by atoms with Gasteiger partial charge in [-0.25, -0.2) is 0 Å². The molecule has 0 bridgehead atoms. The van der Waals surface area contributed by atoms with Crippen molar-refractivity contribution in [2.24, 2.45) is 5.41 Å². The highest BCUT2D eigenvalue weighted by atomic mass is 15.3. The molecule has 0 N–H and O–H groups in total. The summed E-state index contributed by atoms with van der Waals surface area (Å²) in [5.41, 5.74) is 0.701. The molecule has 4 aliphatic rings. The van der Waals surface area contributed by atoms with Crippen LogP contribution in [0.3, 0.4) is 0 Å². The average Bonchev–Trinajstić information content (AvgIpc) is 2.66. The molecule has 0 atom stereocenters. The molecule has 3 aliphatic heterocycles. The summed E-state index contributed by atoms with van der Waals surface area (Å²) in [6.07, 6.45) is 8.65. The van der Waals surface area contributed by atoms with Gasteiger partial charge in [0.05, 0.1) is 0 Å². The van der Waals surface area contributed by atoms with Crippen LogP contribution in [0.15, 0.2) is 0 Å². The van der Waals surface area contributed by atoms with Gasteiger partial charge >= 0.3 is 0 Å². The van der Waals surface area contributed by atoms with Crippen molar-refractivity contribution < 1.29 is 0 Å². The highest BCUT2D eigenvalue weighted by molar-refractivity contribution is 5.00. The minimum Gasteiger partial charge on any atom is -0.301 e. The van der Waals surface area contributed by atoms with E-state index in [1.54, 1.807) is 0 Å². The molecule has 0 amide bonds. The van der Waals surface area contributed by atoms with Crippen LogP contribution in [0, 0.1) is 5.41 Å². The Kier molecular flexibility index (Phi) is 6.18. The number of hydrogen-bond donors (Lipinski definition) is 0. The molecule has 1 saturated carbocycles. The number of hydrogen-bond acceptors (Lipinski definition) is 4. The van der Waals surface area contributed by atoms with Gasteiger partial charge in [0.1, 0.15) is 0 Å². The van der Waals surface area contributed by atoms with Crippen molar-refractivity contribution in [1.82, 2.24) is 19.6 Å². The Balaban J connectivity index is 1.18. The topological polar surface area (TPSA) is 13.0 Å². The van der Waals surface area contributed by atoms with Crippen molar-refractivity contribution >= 4 is 0 Å². The summed E-state index contributed by atoms with van der Waals surface area (Å²) in [6, 6.07) is 3.21. The number of nitrogens with zero attached hydrogens (tertiary/aromatic N) is 4. The van der Waals surface area contributed by atoms with Crippen LogP contribution in [-0.4, -0.2) is 96.1 Å². The standard InChI is InChI=1S/C23H44N4/c1-19(2)24-11-7-22(8-12-24)26-15-13-25(14-16-26)21-5-9-23(10-6-21)17-27(18-23)20(3)4/h19-22H,5-18H2,1-4H3. The van der Waals surface area contributed by atoms with Crippen LogP contribution in [-0.2, 0) is 0 Å². The third-order valence-electron chi connectivity index (χ3n) is 8.43. The SMILES string of the molecule is CC(C)N1CCC(N2CCN(C3CCC4(CC3)CN(C(C)C)C4)CC2)CC1. The van der Waals surface area contributed by atoms with Gasteiger partial charge in [-0.15, -0.1) is 0 Å². The monoisotopic (exact) mass is 376 g/mol. The van der Waals surface area contributed by atoms with Gasteiger partial charge in [-0.3, -0.25) is 14.7 Å². The van der Waals surface area contributed by atoms with E-state index < -0.39 is 0 Å². The maximum atomic E-state index is 2.85. The summed E-state index contributed by atoms with van der Waals surface area (Å²) in [4.78, 5) is 11.0. The number of piperazine rings is 1. The number of rotatable bonds is 4. The van der Waals surface area contributed by atoms with E-state index in [9.17, 15) is 0 Å². The zero-order chi connectivity index (χ0) is 19.0. The van der Waals surface area contributed by atoms with Crippen molar-refractivity contribution in [3.05, 3.63) is 0 Å². The summed E-state index contributed by atoms with van der Waals surface area (Å²) in [6.45, 7) is 20.0. The second-order valence-electron chi connectivity index (χ2n) is 10.7. The summed E-state index contributed by atoms with van der Waals surface area (Å²) in [5.74, 6) is 0. The van der Waals surface area contributed by atoms with Gasteiger partial charge in [0.15, 0.2) is 0 Å². The van der Waals surface area contributed by atoms with E-state index in [1.807, 2.05) is 0 Å². The molecule has 0 aromatic carbocycles. The van der Waals surface area contributed by atoms with Gasteiger partial charge in [-0.2, -0.15) is 0 Å². The average molecular weight is 377 g/mol. The first-order valence-corrected chi connectivity index (χ1v) is 11.9. The Labute approximate surface area is 168 Å². The summed E-state index contributed by atoms with van der Waals surface area (Å²) in [7, 11) is 0. The molecule has 3 saturated heterocycles. The number of piperidine rings is 1. The van der Waals surface area contributed by atoms with Crippen LogP contribution in [0.25, 0.3) is 0 Å². The smallest absolute Gasteiger partial charge is 0.0121 e. The van der Waals surface area contributed by atoms with Gasteiger partial charge in [0.25, 0.3) is 0 Å². The van der Waals surface area contributed by atoms with Crippen LogP contribution in [0.5, 0.6) is 0 Å². The summed E-state index contributed by atoms with van der Waals surface area (Å²) >= 11 is 0. The molecule has 0 aromatic rings. The maximum absolute atomic E-state index is 2.85. The van der Waals surface area contributed by atoms with E-state index in [1.165, 1.54) is 90.9 Å². The van der Waals surface area contributed by atoms with Crippen LogP contribution in [0.4, 0.5) is 0 Å². The number of likely N-dealkylation sites (tertiary alicyclic amines) is 2. The third kappa shape index (κ3) is 4.39. The first-order valence-electron chi connectivity index (χ1n) is 11.9. The fourth-order valence-electron chi connectivity index (χ4n) is 6.31. The highest BCUT2D eigenvalue weighted by Crippen LogP contribution is 2.45. The van der Waals surface area contributed by atoms with E-state index in [-0.39, 0.29) is 0 Å². The Morgan fingerprint density at radius 3 is 1.48 bits per heavy atom. The molecule has 27 heavy (non-hydrogen) atoms. The van der Waals surface area contributed by atoms with Gasteiger partial charge in [0, 0.05) is 63.4 Å². The van der Waals surface area contributed by atoms with Crippen molar-refractivity contribution in [3.63, 3.8) is 0 Å². The van der Waals surface area contributed by atoms with Crippen molar-refractivity contribution in [3.8, 4) is 0 Å². The van der Waals surface area contributed by atoms with Gasteiger partial charge in [-0.1, -0.05) is 0 Å². The zero-order valence-electron chi connectivity index (χ0n) is 18.5. The molecule has 0 unspecified atom stereocenters. The summed E-state index contributed by atoms with van der Waals surface area (Å²) in [5, 5.41) is 0. The lowest BCUT2D eigenvalue weighted by Crippen LogP contribution is -2.61. The van der Waals surface area contributed by atoms with E-state index >= 15 is 0 Å². The summed E-state index contributed by atoms with van der Waals surface area (Å²) < 4.78 is 0. The lowest BCUT2D eigenvalue weighted by molar-refractivity contribution is -0.0656. The molecule has 156 valence electrons. The van der Waals surface area contributed by atoms with Crippen LogP contribution in [0.2, 0.25) is 0 Å². The molecule has 0 aromatic heterocycles. The largest absolute Gasteiger partial charge is 0.301 e.